The standard InChI is InChI=1S/C18H21N3O.C18H20N2O2.C15H12ClNO.C15H13NO2/c1-12-4-6-16-14(10-12)18(20-9-3-8-19)15-11-13(22-2)5-7-17(15)21-16;1-12-4-6-16-14(10-12)18(22-9-3-8-19)15-11-13(21-2)5-7-17(15)20-16;1-9-3-5-13-11(7-9)15(16)12-8-10(18-2)4-6-14(12)17-13;1-9-3-5-13-11(7-9)15(17)12-8-10(18-2)4-6-14(12)16-13/h4-7,10-11H,3,8-9,19H2,1-2H3,(H,20,21);4-7,10-11H,3,8-9,19H2,1-2H3;3-8H,1-2H3;3-8H,1-2H3,(H,16,17). The number of H-pyrrole nitrogens is 1. The molecule has 0 aliphatic rings. The molecule has 0 saturated carbocycles. The molecule has 4 aromatic heterocycles. The Kier molecular flexibility index (Phi) is 17.7. The summed E-state index contributed by atoms with van der Waals surface area (Å²) >= 11 is 6.48. The molecule has 13 nitrogen and oxygen atoms in total. The Hall–Kier alpha value is -8.75. The van der Waals surface area contributed by atoms with Crippen LogP contribution in [0.4, 0.5) is 5.69 Å². The van der Waals surface area contributed by atoms with E-state index in [9.17, 15) is 4.79 Å². The summed E-state index contributed by atoms with van der Waals surface area (Å²) in [5, 5.41) is 11.8. The van der Waals surface area contributed by atoms with E-state index in [1.54, 1.807) is 34.5 Å². The lowest BCUT2D eigenvalue weighted by Gasteiger charge is -2.14. The van der Waals surface area contributed by atoms with Crippen LogP contribution < -0.4 is 45.9 Å². The second-order valence-electron chi connectivity index (χ2n) is 19.5. The molecule has 0 fully saturated rings. The SMILES string of the molecule is COc1ccc2[nH]c3ccc(C)cc3c(=O)c2c1.COc1ccc2nc3ccc(C)cc3c(Cl)c2c1.COc1ccc2nc3ccc(C)cc3c(NCCCN)c2c1.COc1ccc2nc3ccc(C)cc3c(OCCCN)c2c1. The Labute approximate surface area is 469 Å². The van der Waals surface area contributed by atoms with E-state index in [1.807, 2.05) is 117 Å². The third-order valence-electron chi connectivity index (χ3n) is 13.7. The minimum atomic E-state index is 0.0429. The summed E-state index contributed by atoms with van der Waals surface area (Å²) in [6.07, 6.45) is 1.75. The van der Waals surface area contributed by atoms with Gasteiger partial charge in [-0.3, -0.25) is 4.79 Å². The highest BCUT2D eigenvalue weighted by molar-refractivity contribution is 6.40. The Morgan fingerprint density at radius 3 is 1.32 bits per heavy atom. The van der Waals surface area contributed by atoms with Gasteiger partial charge < -0.3 is 45.5 Å². The number of halogens is 1. The fraction of sp³-hybridized carbons (Fsp3) is 0.212. The van der Waals surface area contributed by atoms with Crippen LogP contribution in [0, 0.1) is 27.7 Å². The molecule has 12 aromatic rings. The maximum absolute atomic E-state index is 12.4. The van der Waals surface area contributed by atoms with Gasteiger partial charge in [-0.25, -0.2) is 15.0 Å². The van der Waals surface area contributed by atoms with Gasteiger partial charge in [-0.1, -0.05) is 58.1 Å². The van der Waals surface area contributed by atoms with Crippen molar-refractivity contribution in [3.8, 4) is 28.7 Å². The topological polar surface area (TPSA) is 182 Å². The minimum Gasteiger partial charge on any atom is -0.497 e. The first-order valence-corrected chi connectivity index (χ1v) is 26.9. The van der Waals surface area contributed by atoms with Gasteiger partial charge in [-0.15, -0.1) is 0 Å². The smallest absolute Gasteiger partial charge is 0.197 e. The molecular weight excluding hydrogens is 1020 g/mol. The molecule has 14 heteroatoms. The highest BCUT2D eigenvalue weighted by Crippen LogP contribution is 2.37. The van der Waals surface area contributed by atoms with Gasteiger partial charge in [0.25, 0.3) is 0 Å². The molecule has 12 rings (SSSR count). The number of anilines is 1. The van der Waals surface area contributed by atoms with Gasteiger partial charge in [0.1, 0.15) is 28.7 Å². The first-order chi connectivity index (χ1) is 38.8. The molecule has 80 heavy (non-hydrogen) atoms. The van der Waals surface area contributed by atoms with E-state index >= 15 is 0 Å². The van der Waals surface area contributed by atoms with Crippen molar-refractivity contribution in [1.29, 1.82) is 0 Å². The van der Waals surface area contributed by atoms with Gasteiger partial charge in [-0.2, -0.15) is 0 Å². The molecule has 0 bridgehead atoms. The van der Waals surface area contributed by atoms with E-state index in [-0.39, 0.29) is 5.43 Å². The van der Waals surface area contributed by atoms with Crippen LogP contribution in [0.3, 0.4) is 0 Å². The molecule has 0 radical (unpaired) electrons. The third-order valence-corrected chi connectivity index (χ3v) is 14.1. The van der Waals surface area contributed by atoms with Crippen molar-refractivity contribution in [2.24, 2.45) is 11.5 Å². The van der Waals surface area contributed by atoms with Crippen molar-refractivity contribution in [2.75, 3.05) is 60.0 Å². The third kappa shape index (κ3) is 12.4. The van der Waals surface area contributed by atoms with Crippen molar-refractivity contribution in [1.82, 2.24) is 19.9 Å². The summed E-state index contributed by atoms with van der Waals surface area (Å²) in [5.74, 6) is 3.97. The predicted molar refractivity (Wildman–Crippen MR) is 331 cm³/mol. The van der Waals surface area contributed by atoms with Crippen LogP contribution in [-0.2, 0) is 0 Å². The summed E-state index contributed by atoms with van der Waals surface area (Å²) < 4.78 is 27.1. The van der Waals surface area contributed by atoms with Gasteiger partial charge >= 0.3 is 0 Å². The number of nitrogens with one attached hydrogen (secondary N) is 2. The number of rotatable bonds is 12. The molecule has 0 unspecified atom stereocenters. The maximum atomic E-state index is 12.4. The summed E-state index contributed by atoms with van der Waals surface area (Å²) in [4.78, 5) is 29.8. The lowest BCUT2D eigenvalue weighted by molar-refractivity contribution is 0.320. The lowest BCUT2D eigenvalue weighted by atomic mass is 10.1. The number of methoxy groups -OCH3 is 4. The number of nitrogens with two attached hydrogens (primary N) is 2. The average Bonchev–Trinajstić information content (AvgIpc) is 3.49. The number of fused-ring (bicyclic) bond motifs is 8. The molecule has 8 aromatic carbocycles. The van der Waals surface area contributed by atoms with Crippen LogP contribution in [0.25, 0.3) is 87.2 Å². The van der Waals surface area contributed by atoms with Crippen LogP contribution in [-0.4, -0.2) is 74.6 Å². The molecule has 0 amide bonds. The van der Waals surface area contributed by atoms with Crippen LogP contribution in [0.2, 0.25) is 5.02 Å². The van der Waals surface area contributed by atoms with E-state index in [2.05, 4.69) is 65.5 Å². The molecule has 0 saturated heterocycles. The molecular formula is C66H66ClN7O6. The van der Waals surface area contributed by atoms with Crippen LogP contribution >= 0.6 is 11.6 Å². The van der Waals surface area contributed by atoms with Crippen molar-refractivity contribution < 1.29 is 23.7 Å². The largest absolute Gasteiger partial charge is 0.497 e. The lowest BCUT2D eigenvalue weighted by Crippen LogP contribution is -2.09. The Balaban J connectivity index is 0.000000130. The van der Waals surface area contributed by atoms with Gasteiger partial charge in [0.05, 0.1) is 84.4 Å². The van der Waals surface area contributed by atoms with E-state index < -0.39 is 0 Å². The summed E-state index contributed by atoms with van der Waals surface area (Å²) in [7, 11) is 6.59. The van der Waals surface area contributed by atoms with E-state index in [0.717, 1.165) is 140 Å². The summed E-state index contributed by atoms with van der Waals surface area (Å²) in [6.45, 7) is 10.9. The van der Waals surface area contributed by atoms with Gasteiger partial charge in [0.15, 0.2) is 5.43 Å². The quantitative estimate of drug-likeness (QED) is 0.0672. The number of ether oxygens (including phenoxy) is 5. The number of hydrogen-bond acceptors (Lipinski definition) is 12. The monoisotopic (exact) mass is 1090 g/mol. The van der Waals surface area contributed by atoms with Crippen molar-refractivity contribution in [3.05, 3.63) is 183 Å². The van der Waals surface area contributed by atoms with Crippen molar-refractivity contribution in [2.45, 2.75) is 40.5 Å². The van der Waals surface area contributed by atoms with Crippen molar-refractivity contribution in [3.63, 3.8) is 0 Å². The zero-order valence-corrected chi connectivity index (χ0v) is 47.2. The Morgan fingerprint density at radius 2 is 0.800 bits per heavy atom. The summed E-state index contributed by atoms with van der Waals surface area (Å²) in [5.41, 5.74) is 24.3. The molecule has 0 aliphatic heterocycles. The first kappa shape index (κ1) is 56.0. The highest BCUT2D eigenvalue weighted by Gasteiger charge is 2.14. The number of hydrogen-bond donors (Lipinski definition) is 4. The number of aromatic nitrogens is 4. The number of aromatic amines is 1. The second-order valence-corrected chi connectivity index (χ2v) is 19.9. The zero-order valence-electron chi connectivity index (χ0n) is 46.4. The second kappa shape index (κ2) is 25.4. The van der Waals surface area contributed by atoms with E-state index in [1.165, 1.54) is 16.7 Å². The van der Waals surface area contributed by atoms with Crippen LogP contribution in [0.15, 0.2) is 150 Å². The van der Waals surface area contributed by atoms with E-state index in [0.29, 0.717) is 30.8 Å². The van der Waals surface area contributed by atoms with Crippen molar-refractivity contribution >= 4 is 105 Å². The summed E-state index contributed by atoms with van der Waals surface area (Å²) in [6, 6.07) is 47.6. The number of pyridine rings is 4. The molecule has 6 N–H and O–H groups in total. The molecule has 408 valence electrons. The highest BCUT2D eigenvalue weighted by atomic mass is 35.5. The maximum Gasteiger partial charge on any atom is 0.197 e. The number of benzene rings is 8. The molecule has 0 spiro atoms. The van der Waals surface area contributed by atoms with Gasteiger partial charge in [0, 0.05) is 55.2 Å². The minimum absolute atomic E-state index is 0.0429. The normalized spacial score (nSPS) is 11.0. The first-order valence-electron chi connectivity index (χ1n) is 26.5. The molecule has 0 atom stereocenters. The zero-order chi connectivity index (χ0) is 56.5. The van der Waals surface area contributed by atoms with Gasteiger partial charge in [-0.05, 0) is 175 Å². The van der Waals surface area contributed by atoms with Gasteiger partial charge in [0.2, 0.25) is 0 Å². The number of nitrogens with zero attached hydrogens (tertiary/aromatic N) is 3. The Morgan fingerprint density at radius 1 is 0.450 bits per heavy atom. The Bertz CT molecular complexity index is 4140. The van der Waals surface area contributed by atoms with E-state index in [4.69, 9.17) is 56.7 Å². The predicted octanol–water partition coefficient (Wildman–Crippen LogP) is 14.3. The average molecular weight is 1090 g/mol. The number of aryl methyl sites for hydroxylation is 4. The molecule has 4 heterocycles. The van der Waals surface area contributed by atoms with Crippen LogP contribution in [0.5, 0.6) is 28.7 Å². The fourth-order valence-corrected chi connectivity index (χ4v) is 9.82. The fourth-order valence-electron chi connectivity index (χ4n) is 9.51. The van der Waals surface area contributed by atoms with Crippen LogP contribution in [0.1, 0.15) is 35.1 Å². The molecule has 0 aliphatic carbocycles.